The van der Waals surface area contributed by atoms with Crippen molar-refractivity contribution < 1.29 is 0 Å². The van der Waals surface area contributed by atoms with E-state index < -0.39 is 0 Å². The molecule has 1 fully saturated rings. The first-order valence-corrected chi connectivity index (χ1v) is 7.49. The highest BCUT2D eigenvalue weighted by Gasteiger charge is 2.17. The maximum absolute atomic E-state index is 4.53. The van der Waals surface area contributed by atoms with Gasteiger partial charge in [0.1, 0.15) is 0 Å². The van der Waals surface area contributed by atoms with Crippen LogP contribution in [0.3, 0.4) is 0 Å². The van der Waals surface area contributed by atoms with Crippen LogP contribution in [0.5, 0.6) is 0 Å². The normalized spacial score (nSPS) is 20.6. The summed E-state index contributed by atoms with van der Waals surface area (Å²) in [5, 5.41) is 0. The third kappa shape index (κ3) is 4.01. The molecule has 1 aromatic carbocycles. The molecule has 3 heteroatoms. The first-order chi connectivity index (χ1) is 8.79. The number of rotatable bonds is 4. The lowest BCUT2D eigenvalue weighted by Gasteiger charge is -2.25. The fourth-order valence-corrected chi connectivity index (χ4v) is 2.91. The molecule has 1 atom stereocenters. The maximum atomic E-state index is 4.53. The molecule has 1 aliphatic rings. The first kappa shape index (κ1) is 13.9. The van der Waals surface area contributed by atoms with Gasteiger partial charge in [0, 0.05) is 25.6 Å². The van der Waals surface area contributed by atoms with E-state index in [1.165, 1.54) is 38.2 Å². The second kappa shape index (κ2) is 7.17. The third-order valence-electron chi connectivity index (χ3n) is 3.78. The van der Waals surface area contributed by atoms with Crippen molar-refractivity contribution in [2.24, 2.45) is 0 Å². The Bertz CT molecular complexity index is 342. The van der Waals surface area contributed by atoms with Crippen LogP contribution in [0.2, 0.25) is 0 Å². The minimum absolute atomic E-state index is 0.554. The number of hydrogen-bond donors (Lipinski definition) is 1. The summed E-state index contributed by atoms with van der Waals surface area (Å²) in [4.78, 5) is 5.02. The van der Waals surface area contributed by atoms with Gasteiger partial charge in [-0.2, -0.15) is 12.6 Å². The van der Waals surface area contributed by atoms with Gasteiger partial charge in [-0.1, -0.05) is 30.3 Å². The largest absolute Gasteiger partial charge is 0.305 e. The van der Waals surface area contributed by atoms with Crippen LogP contribution in [0.4, 0.5) is 0 Å². The van der Waals surface area contributed by atoms with Gasteiger partial charge in [0.2, 0.25) is 0 Å². The number of hydrogen-bond acceptors (Lipinski definition) is 3. The van der Waals surface area contributed by atoms with Gasteiger partial charge in [-0.25, -0.2) is 0 Å². The Balaban J connectivity index is 1.94. The molecule has 1 unspecified atom stereocenters. The van der Waals surface area contributed by atoms with Gasteiger partial charge in [0.05, 0.1) is 0 Å². The molecule has 1 aromatic rings. The Morgan fingerprint density at radius 1 is 1.11 bits per heavy atom. The molecule has 0 N–H and O–H groups in total. The fourth-order valence-electron chi connectivity index (χ4n) is 2.59. The molecule has 0 aliphatic carbocycles. The van der Waals surface area contributed by atoms with Crippen molar-refractivity contribution in [2.75, 3.05) is 45.5 Å². The molecule has 0 radical (unpaired) electrons. The summed E-state index contributed by atoms with van der Waals surface area (Å²) in [5.74, 6) is 1.48. The average molecular weight is 264 g/mol. The molecule has 0 amide bonds. The molecule has 1 saturated heterocycles. The van der Waals surface area contributed by atoms with E-state index >= 15 is 0 Å². The van der Waals surface area contributed by atoms with Crippen molar-refractivity contribution in [1.29, 1.82) is 0 Å². The van der Waals surface area contributed by atoms with Crippen LogP contribution in [-0.4, -0.2) is 55.3 Å². The lowest BCUT2D eigenvalue weighted by atomic mass is 10.0. The number of benzene rings is 1. The van der Waals surface area contributed by atoms with Gasteiger partial charge in [0.15, 0.2) is 0 Å². The quantitative estimate of drug-likeness (QED) is 0.834. The average Bonchev–Trinajstić information content (AvgIpc) is 2.62. The molecule has 0 saturated carbocycles. The Kier molecular flexibility index (Phi) is 5.54. The standard InChI is InChI=1S/C15H24N2S/c1-16-8-5-9-17(11-10-16)12-15(13-18)14-6-3-2-4-7-14/h2-4,6-7,15,18H,5,8-13H2,1H3. The monoisotopic (exact) mass is 264 g/mol. The molecule has 2 nitrogen and oxygen atoms in total. The van der Waals surface area contributed by atoms with Gasteiger partial charge in [-0.15, -0.1) is 0 Å². The van der Waals surface area contributed by atoms with Crippen molar-refractivity contribution in [3.63, 3.8) is 0 Å². The highest BCUT2D eigenvalue weighted by atomic mass is 32.1. The first-order valence-electron chi connectivity index (χ1n) is 6.86. The van der Waals surface area contributed by atoms with Crippen LogP contribution in [-0.2, 0) is 0 Å². The Hall–Kier alpha value is -0.510. The second-order valence-corrected chi connectivity index (χ2v) is 5.61. The number of thiol groups is 1. The molecule has 0 spiro atoms. The van der Waals surface area contributed by atoms with Gasteiger partial charge in [-0.3, -0.25) is 0 Å². The van der Waals surface area contributed by atoms with Gasteiger partial charge >= 0.3 is 0 Å². The zero-order valence-corrected chi connectivity index (χ0v) is 12.1. The SMILES string of the molecule is CN1CCCN(CC(CS)c2ccccc2)CC1. The molecule has 1 aliphatic heterocycles. The van der Waals surface area contributed by atoms with E-state index in [4.69, 9.17) is 0 Å². The van der Waals surface area contributed by atoms with Crippen LogP contribution < -0.4 is 0 Å². The topological polar surface area (TPSA) is 6.48 Å². The molecule has 2 rings (SSSR count). The molecule has 0 bridgehead atoms. The summed E-state index contributed by atoms with van der Waals surface area (Å²) in [6, 6.07) is 10.8. The fraction of sp³-hybridized carbons (Fsp3) is 0.600. The van der Waals surface area contributed by atoms with E-state index in [2.05, 4.69) is 59.8 Å². The van der Waals surface area contributed by atoms with Crippen molar-refractivity contribution in [1.82, 2.24) is 9.80 Å². The lowest BCUT2D eigenvalue weighted by molar-refractivity contribution is 0.266. The number of nitrogens with zero attached hydrogens (tertiary/aromatic N) is 2. The summed E-state index contributed by atoms with van der Waals surface area (Å²) >= 11 is 4.53. The van der Waals surface area contributed by atoms with Crippen molar-refractivity contribution in [3.05, 3.63) is 35.9 Å². The van der Waals surface area contributed by atoms with E-state index in [1.54, 1.807) is 0 Å². The van der Waals surface area contributed by atoms with Crippen molar-refractivity contribution in [2.45, 2.75) is 12.3 Å². The van der Waals surface area contributed by atoms with Crippen LogP contribution in [0.15, 0.2) is 30.3 Å². The highest BCUT2D eigenvalue weighted by molar-refractivity contribution is 7.80. The van der Waals surface area contributed by atoms with Gasteiger partial charge in [-0.05, 0) is 37.9 Å². The second-order valence-electron chi connectivity index (χ2n) is 5.25. The number of likely N-dealkylation sites (N-methyl/N-ethyl adjacent to an activating group) is 1. The van der Waals surface area contributed by atoms with Crippen LogP contribution in [0.25, 0.3) is 0 Å². The summed E-state index contributed by atoms with van der Waals surface area (Å²) < 4.78 is 0. The third-order valence-corrected chi connectivity index (χ3v) is 4.22. The van der Waals surface area contributed by atoms with E-state index in [0.717, 1.165) is 12.3 Å². The van der Waals surface area contributed by atoms with E-state index in [9.17, 15) is 0 Å². The Morgan fingerprint density at radius 3 is 2.61 bits per heavy atom. The molecule has 1 heterocycles. The molecule has 100 valence electrons. The molecule has 0 aromatic heterocycles. The summed E-state index contributed by atoms with van der Waals surface area (Å²) in [7, 11) is 2.22. The van der Waals surface area contributed by atoms with E-state index in [1.807, 2.05) is 0 Å². The van der Waals surface area contributed by atoms with Crippen LogP contribution in [0.1, 0.15) is 17.9 Å². The Labute approximate surface area is 116 Å². The van der Waals surface area contributed by atoms with Gasteiger partial charge in [0.25, 0.3) is 0 Å². The minimum atomic E-state index is 0.554. The van der Waals surface area contributed by atoms with E-state index in [-0.39, 0.29) is 0 Å². The Morgan fingerprint density at radius 2 is 1.89 bits per heavy atom. The van der Waals surface area contributed by atoms with Crippen LogP contribution in [0, 0.1) is 0 Å². The summed E-state index contributed by atoms with van der Waals surface area (Å²) in [5.41, 5.74) is 1.42. The molecule has 18 heavy (non-hydrogen) atoms. The lowest BCUT2D eigenvalue weighted by Crippen LogP contribution is -2.33. The smallest absolute Gasteiger partial charge is 0.0109 e. The van der Waals surface area contributed by atoms with E-state index in [0.29, 0.717) is 5.92 Å². The highest BCUT2D eigenvalue weighted by Crippen LogP contribution is 2.19. The molecular weight excluding hydrogens is 240 g/mol. The van der Waals surface area contributed by atoms with Crippen molar-refractivity contribution >= 4 is 12.6 Å². The summed E-state index contributed by atoms with van der Waals surface area (Å²) in [6.45, 7) is 5.97. The molecular formula is C15H24N2S. The summed E-state index contributed by atoms with van der Waals surface area (Å²) in [6.07, 6.45) is 1.28. The van der Waals surface area contributed by atoms with Crippen LogP contribution >= 0.6 is 12.6 Å². The predicted octanol–water partition coefficient (Wildman–Crippen LogP) is 2.34. The zero-order valence-electron chi connectivity index (χ0n) is 11.3. The predicted molar refractivity (Wildman–Crippen MR) is 81.6 cm³/mol. The van der Waals surface area contributed by atoms with Gasteiger partial charge < -0.3 is 9.80 Å². The van der Waals surface area contributed by atoms with Crippen molar-refractivity contribution in [3.8, 4) is 0 Å². The maximum Gasteiger partial charge on any atom is 0.0109 e. The minimum Gasteiger partial charge on any atom is -0.305 e. The zero-order chi connectivity index (χ0) is 12.8.